The lowest BCUT2D eigenvalue weighted by atomic mass is 10.0. The zero-order valence-corrected chi connectivity index (χ0v) is 14.4. The van der Waals surface area contributed by atoms with E-state index in [-0.39, 0.29) is 0 Å². The molecule has 1 unspecified atom stereocenters. The summed E-state index contributed by atoms with van der Waals surface area (Å²) in [5.74, 6) is 0. The first-order chi connectivity index (χ1) is 9.08. The van der Waals surface area contributed by atoms with Gasteiger partial charge >= 0.3 is 0 Å². The highest BCUT2D eigenvalue weighted by atomic mass is 79.9. The van der Waals surface area contributed by atoms with E-state index in [1.165, 1.54) is 12.0 Å². The van der Waals surface area contributed by atoms with Crippen LogP contribution >= 0.6 is 27.5 Å². The summed E-state index contributed by atoms with van der Waals surface area (Å²) in [6, 6.07) is 6.46. The Balaban J connectivity index is 2.70. The van der Waals surface area contributed by atoms with Gasteiger partial charge in [-0.1, -0.05) is 47.4 Å². The van der Waals surface area contributed by atoms with Gasteiger partial charge in [-0.3, -0.25) is 0 Å². The lowest BCUT2D eigenvalue weighted by molar-refractivity contribution is 0.309. The molecule has 1 atom stereocenters. The Morgan fingerprint density at radius 2 is 2.05 bits per heavy atom. The number of nitrogens with one attached hydrogen (secondary N) is 1. The molecule has 0 radical (unpaired) electrons. The molecule has 0 heterocycles. The summed E-state index contributed by atoms with van der Waals surface area (Å²) in [7, 11) is 2.18. The molecule has 0 spiro atoms. The molecule has 0 aliphatic heterocycles. The molecule has 2 nitrogen and oxygen atoms in total. The zero-order chi connectivity index (χ0) is 14.3. The fraction of sp³-hybridized carbons (Fsp3) is 0.600. The zero-order valence-electron chi connectivity index (χ0n) is 12.0. The average molecular weight is 348 g/mol. The van der Waals surface area contributed by atoms with Gasteiger partial charge in [-0.25, -0.2) is 0 Å². The van der Waals surface area contributed by atoms with Crippen LogP contribution in [-0.2, 0) is 0 Å². The van der Waals surface area contributed by atoms with Crippen LogP contribution in [0.2, 0.25) is 5.02 Å². The van der Waals surface area contributed by atoms with Gasteiger partial charge in [0.05, 0.1) is 0 Å². The summed E-state index contributed by atoms with van der Waals surface area (Å²) in [6.07, 6.45) is 2.27. The maximum Gasteiger partial charge on any atom is 0.0465 e. The maximum absolute atomic E-state index is 6.35. The molecule has 0 aliphatic carbocycles. The van der Waals surface area contributed by atoms with Gasteiger partial charge in [-0.05, 0) is 57.2 Å². The lowest BCUT2D eigenvalue weighted by Crippen LogP contribution is -2.28. The van der Waals surface area contributed by atoms with Crippen LogP contribution in [0.1, 0.15) is 38.3 Å². The summed E-state index contributed by atoms with van der Waals surface area (Å²) >= 11 is 9.81. The standard InChI is InChI=1S/C15H24BrClN2/c1-4-9-19(3)10-8-15(18-5-2)13-7-6-12(16)11-14(13)17/h6-7,11,15,18H,4-5,8-10H2,1-3H3. The Labute approximate surface area is 130 Å². The molecule has 0 aromatic heterocycles. The van der Waals surface area contributed by atoms with Crippen molar-refractivity contribution in [1.29, 1.82) is 0 Å². The van der Waals surface area contributed by atoms with E-state index in [0.717, 1.165) is 35.6 Å². The SMILES string of the molecule is CCCN(C)CCC(NCC)c1ccc(Br)cc1Cl. The van der Waals surface area contributed by atoms with Gasteiger partial charge in [0.2, 0.25) is 0 Å². The molecule has 0 saturated carbocycles. The molecule has 4 heteroatoms. The molecule has 0 amide bonds. The second-order valence-corrected chi connectivity index (χ2v) is 6.19. The smallest absolute Gasteiger partial charge is 0.0465 e. The second kappa shape index (κ2) is 8.96. The van der Waals surface area contributed by atoms with Crippen molar-refractivity contribution < 1.29 is 0 Å². The van der Waals surface area contributed by atoms with E-state index in [1.807, 2.05) is 6.07 Å². The highest BCUT2D eigenvalue weighted by molar-refractivity contribution is 9.10. The Kier molecular flexibility index (Phi) is 8.00. The fourth-order valence-electron chi connectivity index (χ4n) is 2.24. The second-order valence-electron chi connectivity index (χ2n) is 4.87. The molecule has 0 saturated heterocycles. The van der Waals surface area contributed by atoms with Crippen LogP contribution in [-0.4, -0.2) is 31.6 Å². The first kappa shape index (κ1) is 17.0. The van der Waals surface area contributed by atoms with Crippen molar-refractivity contribution in [1.82, 2.24) is 10.2 Å². The van der Waals surface area contributed by atoms with Crippen LogP contribution < -0.4 is 5.32 Å². The number of hydrogen-bond acceptors (Lipinski definition) is 2. The van der Waals surface area contributed by atoms with Gasteiger partial charge in [-0.2, -0.15) is 0 Å². The van der Waals surface area contributed by atoms with E-state index in [4.69, 9.17) is 11.6 Å². The Morgan fingerprint density at radius 1 is 1.32 bits per heavy atom. The van der Waals surface area contributed by atoms with E-state index in [1.54, 1.807) is 0 Å². The molecule has 1 aromatic rings. The van der Waals surface area contributed by atoms with Crippen LogP contribution in [0, 0.1) is 0 Å². The summed E-state index contributed by atoms with van der Waals surface area (Å²) in [6.45, 7) is 7.53. The summed E-state index contributed by atoms with van der Waals surface area (Å²) < 4.78 is 1.03. The van der Waals surface area contributed by atoms with Crippen molar-refractivity contribution in [2.24, 2.45) is 0 Å². The van der Waals surface area contributed by atoms with E-state index < -0.39 is 0 Å². The normalized spacial score (nSPS) is 12.9. The van der Waals surface area contributed by atoms with Crippen LogP contribution in [0.3, 0.4) is 0 Å². The quantitative estimate of drug-likeness (QED) is 0.745. The summed E-state index contributed by atoms with van der Waals surface area (Å²) in [5.41, 5.74) is 1.19. The van der Waals surface area contributed by atoms with Crippen molar-refractivity contribution in [3.63, 3.8) is 0 Å². The van der Waals surface area contributed by atoms with E-state index >= 15 is 0 Å². The molecular weight excluding hydrogens is 324 g/mol. The highest BCUT2D eigenvalue weighted by Gasteiger charge is 2.14. The number of nitrogens with zero attached hydrogens (tertiary/aromatic N) is 1. The molecule has 0 aliphatic rings. The van der Waals surface area contributed by atoms with E-state index in [0.29, 0.717) is 6.04 Å². The number of hydrogen-bond donors (Lipinski definition) is 1. The topological polar surface area (TPSA) is 15.3 Å². The van der Waals surface area contributed by atoms with Crippen molar-refractivity contribution in [3.8, 4) is 0 Å². The number of benzene rings is 1. The van der Waals surface area contributed by atoms with Crippen molar-refractivity contribution in [2.75, 3.05) is 26.7 Å². The van der Waals surface area contributed by atoms with Crippen LogP contribution in [0.4, 0.5) is 0 Å². The molecule has 0 bridgehead atoms. The van der Waals surface area contributed by atoms with Crippen molar-refractivity contribution in [2.45, 2.75) is 32.7 Å². The number of rotatable bonds is 8. The fourth-order valence-corrected chi connectivity index (χ4v) is 3.05. The average Bonchev–Trinajstić information content (AvgIpc) is 2.35. The predicted octanol–water partition coefficient (Wildman–Crippen LogP) is 4.49. The summed E-state index contributed by atoms with van der Waals surface area (Å²) in [5, 5.41) is 4.36. The molecule has 1 rings (SSSR count). The van der Waals surface area contributed by atoms with Crippen LogP contribution in [0.5, 0.6) is 0 Å². The number of halogens is 2. The third-order valence-corrected chi connectivity index (χ3v) is 4.01. The molecule has 1 N–H and O–H groups in total. The van der Waals surface area contributed by atoms with Gasteiger partial charge in [0.1, 0.15) is 0 Å². The highest BCUT2D eigenvalue weighted by Crippen LogP contribution is 2.28. The van der Waals surface area contributed by atoms with Crippen molar-refractivity contribution in [3.05, 3.63) is 33.3 Å². The largest absolute Gasteiger partial charge is 0.310 e. The Hall–Kier alpha value is -0.0900. The molecule has 0 fully saturated rings. The monoisotopic (exact) mass is 346 g/mol. The van der Waals surface area contributed by atoms with Crippen LogP contribution in [0.25, 0.3) is 0 Å². The maximum atomic E-state index is 6.35. The predicted molar refractivity (Wildman–Crippen MR) is 88.0 cm³/mol. The third-order valence-electron chi connectivity index (χ3n) is 3.19. The van der Waals surface area contributed by atoms with Gasteiger partial charge in [0.15, 0.2) is 0 Å². The molecule has 19 heavy (non-hydrogen) atoms. The minimum atomic E-state index is 0.324. The minimum absolute atomic E-state index is 0.324. The van der Waals surface area contributed by atoms with Crippen molar-refractivity contribution >= 4 is 27.5 Å². The van der Waals surface area contributed by atoms with E-state index in [9.17, 15) is 0 Å². The summed E-state index contributed by atoms with van der Waals surface area (Å²) in [4.78, 5) is 2.37. The van der Waals surface area contributed by atoms with E-state index in [2.05, 4.69) is 59.2 Å². The Morgan fingerprint density at radius 3 is 2.63 bits per heavy atom. The van der Waals surface area contributed by atoms with Gasteiger partial charge in [0.25, 0.3) is 0 Å². The first-order valence-corrected chi connectivity index (χ1v) is 8.12. The minimum Gasteiger partial charge on any atom is -0.310 e. The molecular formula is C15H24BrClN2. The first-order valence-electron chi connectivity index (χ1n) is 6.95. The van der Waals surface area contributed by atoms with Crippen LogP contribution in [0.15, 0.2) is 22.7 Å². The third kappa shape index (κ3) is 5.82. The van der Waals surface area contributed by atoms with Gasteiger partial charge in [0, 0.05) is 15.5 Å². The molecule has 108 valence electrons. The van der Waals surface area contributed by atoms with Gasteiger partial charge in [-0.15, -0.1) is 0 Å². The lowest BCUT2D eigenvalue weighted by Gasteiger charge is -2.23. The van der Waals surface area contributed by atoms with Gasteiger partial charge < -0.3 is 10.2 Å². The molecule has 1 aromatic carbocycles. The Bertz CT molecular complexity index is 384.